The van der Waals surface area contributed by atoms with Crippen LogP contribution in [0.25, 0.3) is 0 Å². The molecule has 0 heterocycles. The van der Waals surface area contributed by atoms with Gasteiger partial charge in [-0.3, -0.25) is 4.79 Å². The third-order valence-electron chi connectivity index (χ3n) is 2.12. The van der Waals surface area contributed by atoms with Gasteiger partial charge >= 0.3 is 12.4 Å². The first-order valence-corrected chi connectivity index (χ1v) is 4.97. The van der Waals surface area contributed by atoms with E-state index in [2.05, 4.69) is 0 Å². The lowest BCUT2D eigenvalue weighted by Crippen LogP contribution is -2.17. The van der Waals surface area contributed by atoms with Crippen LogP contribution >= 0.6 is 11.6 Å². The average Bonchev–Trinajstić information content (AvgIpc) is 2.24. The number of aldehydes is 1. The van der Waals surface area contributed by atoms with E-state index in [4.69, 9.17) is 11.6 Å². The monoisotopic (exact) mass is 290 g/mol. The van der Waals surface area contributed by atoms with Gasteiger partial charge in [0.2, 0.25) is 0 Å². The van der Waals surface area contributed by atoms with E-state index in [1.54, 1.807) is 0 Å². The van der Waals surface area contributed by atoms with E-state index >= 15 is 0 Å². The molecule has 1 aromatic carbocycles. The molecule has 0 fully saturated rings. The lowest BCUT2D eigenvalue weighted by atomic mass is 9.98. The number of rotatable bonds is 2. The minimum absolute atomic E-state index is 0.359. The maximum atomic E-state index is 12.6. The first-order chi connectivity index (χ1) is 8.11. The predicted molar refractivity (Wildman–Crippen MR) is 51.4 cm³/mol. The Morgan fingerprint density at radius 3 is 1.61 bits per heavy atom. The number of benzene rings is 1. The van der Waals surface area contributed by atoms with Gasteiger partial charge in [0, 0.05) is 11.4 Å². The lowest BCUT2D eigenvalue weighted by molar-refractivity contribution is -0.143. The van der Waals surface area contributed by atoms with E-state index in [0.717, 1.165) is 0 Å². The molecule has 0 amide bonds. The van der Waals surface area contributed by atoms with E-state index < -0.39 is 41.2 Å². The number of carbonyl (C=O) groups excluding carboxylic acids is 1. The number of alkyl halides is 7. The fraction of sp³-hybridized carbons (Fsp3) is 0.300. The summed E-state index contributed by atoms with van der Waals surface area (Å²) < 4.78 is 75.3. The van der Waals surface area contributed by atoms with E-state index in [-0.39, 0.29) is 5.56 Å². The molecule has 1 nitrogen and oxygen atoms in total. The van der Waals surface area contributed by atoms with Gasteiger partial charge in [-0.15, -0.1) is 11.6 Å². The second-order valence-corrected chi connectivity index (χ2v) is 3.62. The fourth-order valence-corrected chi connectivity index (χ4v) is 1.54. The number of hydrogen-bond donors (Lipinski definition) is 0. The maximum Gasteiger partial charge on any atom is 0.417 e. The molecule has 0 N–H and O–H groups in total. The van der Waals surface area contributed by atoms with Crippen molar-refractivity contribution >= 4 is 17.9 Å². The van der Waals surface area contributed by atoms with Crippen molar-refractivity contribution in [1.82, 2.24) is 0 Å². The first-order valence-electron chi connectivity index (χ1n) is 4.43. The van der Waals surface area contributed by atoms with Crippen LogP contribution in [-0.4, -0.2) is 6.29 Å². The summed E-state index contributed by atoms with van der Waals surface area (Å²) in [6.45, 7) is 0. The summed E-state index contributed by atoms with van der Waals surface area (Å²) in [6, 6.07) is 0.873. The predicted octanol–water partition coefficient (Wildman–Crippen LogP) is 4.28. The van der Waals surface area contributed by atoms with Gasteiger partial charge < -0.3 is 0 Å². The molecule has 0 atom stereocenters. The van der Waals surface area contributed by atoms with E-state index in [9.17, 15) is 31.1 Å². The number of halogens is 7. The Morgan fingerprint density at radius 2 is 1.39 bits per heavy atom. The topological polar surface area (TPSA) is 17.1 Å². The molecular weight excluding hydrogens is 286 g/mol. The van der Waals surface area contributed by atoms with Crippen molar-refractivity contribution < 1.29 is 31.1 Å². The van der Waals surface area contributed by atoms with E-state index in [1.165, 1.54) is 0 Å². The summed E-state index contributed by atoms with van der Waals surface area (Å²) in [4.78, 5) is 10.5. The summed E-state index contributed by atoms with van der Waals surface area (Å²) in [5.41, 5.74) is -5.06. The Hall–Kier alpha value is -1.24. The quantitative estimate of drug-likeness (QED) is 0.451. The van der Waals surface area contributed by atoms with Gasteiger partial charge in [-0.1, -0.05) is 0 Å². The summed E-state index contributed by atoms with van der Waals surface area (Å²) in [7, 11) is 0. The van der Waals surface area contributed by atoms with Crippen molar-refractivity contribution in [3.05, 3.63) is 34.4 Å². The highest BCUT2D eigenvalue weighted by molar-refractivity contribution is 6.17. The van der Waals surface area contributed by atoms with Gasteiger partial charge in [-0.2, -0.15) is 26.3 Å². The van der Waals surface area contributed by atoms with Gasteiger partial charge in [0.25, 0.3) is 0 Å². The SMILES string of the molecule is O=Cc1c(C(F)(F)F)cc(CCl)cc1C(F)(F)F. The van der Waals surface area contributed by atoms with Crippen LogP contribution in [0.3, 0.4) is 0 Å². The van der Waals surface area contributed by atoms with Crippen LogP contribution in [0.15, 0.2) is 12.1 Å². The van der Waals surface area contributed by atoms with Crippen LogP contribution in [-0.2, 0) is 18.2 Å². The molecular formula is C10H5ClF6O. The largest absolute Gasteiger partial charge is 0.417 e. The molecule has 1 aromatic rings. The molecule has 1 rings (SSSR count). The Kier molecular flexibility index (Phi) is 3.95. The van der Waals surface area contributed by atoms with Crippen LogP contribution in [0.1, 0.15) is 27.0 Å². The molecule has 0 unspecified atom stereocenters. The average molecular weight is 291 g/mol. The highest BCUT2D eigenvalue weighted by Crippen LogP contribution is 2.39. The smallest absolute Gasteiger partial charge is 0.298 e. The Bertz CT molecular complexity index is 427. The molecule has 0 aromatic heterocycles. The Labute approximate surface area is 102 Å². The van der Waals surface area contributed by atoms with Crippen LogP contribution in [0.5, 0.6) is 0 Å². The molecule has 0 spiro atoms. The normalized spacial score (nSPS) is 12.6. The zero-order valence-corrected chi connectivity index (χ0v) is 9.25. The number of hydrogen-bond acceptors (Lipinski definition) is 1. The van der Waals surface area contributed by atoms with Gasteiger partial charge in [-0.25, -0.2) is 0 Å². The highest BCUT2D eigenvalue weighted by atomic mass is 35.5. The third-order valence-corrected chi connectivity index (χ3v) is 2.43. The van der Waals surface area contributed by atoms with Crippen molar-refractivity contribution in [2.45, 2.75) is 18.2 Å². The molecule has 0 aliphatic rings. The van der Waals surface area contributed by atoms with Crippen molar-refractivity contribution in [2.75, 3.05) is 0 Å². The lowest BCUT2D eigenvalue weighted by Gasteiger charge is -2.16. The molecule has 0 bridgehead atoms. The summed E-state index contributed by atoms with van der Waals surface area (Å²) in [5, 5.41) is 0. The minimum Gasteiger partial charge on any atom is -0.298 e. The van der Waals surface area contributed by atoms with Crippen LogP contribution < -0.4 is 0 Å². The van der Waals surface area contributed by atoms with Crippen molar-refractivity contribution in [2.24, 2.45) is 0 Å². The van der Waals surface area contributed by atoms with Crippen LogP contribution in [0, 0.1) is 0 Å². The third kappa shape index (κ3) is 2.95. The van der Waals surface area contributed by atoms with Crippen molar-refractivity contribution in [3.8, 4) is 0 Å². The van der Waals surface area contributed by atoms with Gasteiger partial charge in [-0.05, 0) is 17.7 Å². The highest BCUT2D eigenvalue weighted by Gasteiger charge is 2.41. The van der Waals surface area contributed by atoms with Crippen LogP contribution in [0.2, 0.25) is 0 Å². The minimum atomic E-state index is -5.06. The van der Waals surface area contributed by atoms with Gasteiger partial charge in [0.15, 0.2) is 6.29 Å². The molecule has 18 heavy (non-hydrogen) atoms. The molecule has 0 radical (unpaired) electrons. The van der Waals surface area contributed by atoms with Crippen molar-refractivity contribution in [1.29, 1.82) is 0 Å². The molecule has 8 heteroatoms. The molecule has 0 aliphatic heterocycles. The number of carbonyl (C=O) groups is 1. The maximum absolute atomic E-state index is 12.6. The van der Waals surface area contributed by atoms with Gasteiger partial charge in [0.1, 0.15) is 0 Å². The summed E-state index contributed by atoms with van der Waals surface area (Å²) >= 11 is 5.24. The Morgan fingerprint density at radius 1 is 1.00 bits per heavy atom. The fourth-order valence-electron chi connectivity index (χ4n) is 1.39. The van der Waals surface area contributed by atoms with Gasteiger partial charge in [0.05, 0.1) is 11.1 Å². The zero-order chi connectivity index (χ0) is 14.1. The summed E-state index contributed by atoms with van der Waals surface area (Å²) in [5.74, 6) is -0.523. The van der Waals surface area contributed by atoms with Crippen LogP contribution in [0.4, 0.5) is 26.3 Å². The summed E-state index contributed by atoms with van der Waals surface area (Å²) in [6.07, 6.45) is -10.6. The standard InChI is InChI=1S/C10H5ClF6O/c11-3-5-1-7(9(12,13)14)6(4-18)8(2-5)10(15,16)17/h1-2,4H,3H2. The second kappa shape index (κ2) is 4.79. The zero-order valence-electron chi connectivity index (χ0n) is 8.49. The molecule has 0 saturated carbocycles. The van der Waals surface area contributed by atoms with Crippen molar-refractivity contribution in [3.63, 3.8) is 0 Å². The second-order valence-electron chi connectivity index (χ2n) is 3.35. The molecule has 0 saturated heterocycles. The Balaban J connectivity index is 3.66. The van der Waals surface area contributed by atoms with E-state index in [1.807, 2.05) is 0 Å². The molecule has 100 valence electrons. The first kappa shape index (κ1) is 14.8. The van der Waals surface area contributed by atoms with E-state index in [0.29, 0.717) is 12.1 Å². The molecule has 0 aliphatic carbocycles.